The summed E-state index contributed by atoms with van der Waals surface area (Å²) in [7, 11) is 0. The van der Waals surface area contributed by atoms with Gasteiger partial charge in [0.25, 0.3) is 5.08 Å². The lowest BCUT2D eigenvalue weighted by Gasteiger charge is -2.02. The Balaban J connectivity index is 0.000000288. The van der Waals surface area contributed by atoms with Crippen LogP contribution in [0, 0.1) is 0 Å². The quantitative estimate of drug-likeness (QED) is 0.817. The molecule has 0 aliphatic carbocycles. The number of rotatable bonds is 2. The third kappa shape index (κ3) is 7.04. The molecule has 0 bridgehead atoms. The van der Waals surface area contributed by atoms with E-state index < -0.39 is 11.1 Å². The van der Waals surface area contributed by atoms with E-state index in [1.165, 1.54) is 5.56 Å². The number of halogens is 2. The van der Waals surface area contributed by atoms with Gasteiger partial charge in [0.2, 0.25) is 0 Å². The molecule has 0 aromatic heterocycles. The van der Waals surface area contributed by atoms with E-state index >= 15 is 0 Å². The maximum atomic E-state index is 11.1. The van der Waals surface area contributed by atoms with Crippen LogP contribution >= 0.6 is 15.9 Å². The normalized spacial score (nSPS) is 13.3. The van der Waals surface area contributed by atoms with Crippen LogP contribution in [0.15, 0.2) is 30.3 Å². The van der Waals surface area contributed by atoms with Crippen molar-refractivity contribution in [3.05, 3.63) is 35.9 Å². The Kier molecular flexibility index (Phi) is 6.90. The van der Waals surface area contributed by atoms with E-state index in [1.54, 1.807) is 0 Å². The maximum absolute atomic E-state index is 11.1. The predicted molar refractivity (Wildman–Crippen MR) is 60.5 cm³/mol. The summed E-state index contributed by atoms with van der Waals surface area (Å²) in [6.45, 7) is 1.98. The molecule has 0 aliphatic heterocycles. The molecule has 1 aromatic rings. The molecule has 3 N–H and O–H groups in total. The fourth-order valence-electron chi connectivity index (χ4n) is 0.757. The van der Waals surface area contributed by atoms with Crippen molar-refractivity contribution < 1.29 is 14.3 Å². The van der Waals surface area contributed by atoms with Crippen LogP contribution < -0.4 is 5.73 Å². The Morgan fingerprint density at radius 1 is 1.47 bits per heavy atom. The highest BCUT2D eigenvalue weighted by Crippen LogP contribution is 2.06. The zero-order chi connectivity index (χ0) is 11.8. The van der Waals surface area contributed by atoms with Gasteiger partial charge < -0.3 is 10.8 Å². The van der Waals surface area contributed by atoms with Gasteiger partial charge in [0, 0.05) is 6.04 Å². The van der Waals surface area contributed by atoms with Gasteiger partial charge in [-0.3, -0.25) is 0 Å². The van der Waals surface area contributed by atoms with Gasteiger partial charge in [0.05, 0.1) is 0 Å². The van der Waals surface area contributed by atoms with Crippen molar-refractivity contribution in [1.29, 1.82) is 0 Å². The summed E-state index contributed by atoms with van der Waals surface area (Å²) in [5, 5.41) is 5.65. The molecule has 0 radical (unpaired) electrons. The average molecular weight is 278 g/mol. The molecule has 0 fully saturated rings. The minimum absolute atomic E-state index is 0.159. The standard InChI is InChI=1S/C8H11N.C2H2BrFO2/c1-7(9)8-5-3-2-4-6-8;3-1(4)2(5)6/h2-7H,9H2,1H3;1H,(H,5,6)/t7-;1-/m00/s1. The van der Waals surface area contributed by atoms with E-state index in [9.17, 15) is 9.18 Å². The van der Waals surface area contributed by atoms with Gasteiger partial charge in [-0.1, -0.05) is 30.3 Å². The largest absolute Gasteiger partial charge is 0.478 e. The molecule has 2 atom stereocenters. The second-order valence-corrected chi connectivity index (χ2v) is 3.64. The zero-order valence-electron chi connectivity index (χ0n) is 8.23. The number of nitrogens with two attached hydrogens (primary N) is 1. The van der Waals surface area contributed by atoms with Crippen LogP contribution in [0.1, 0.15) is 18.5 Å². The molecule has 0 spiro atoms. The molecule has 1 rings (SSSR count). The number of alkyl halides is 2. The Labute approximate surface area is 96.2 Å². The first kappa shape index (κ1) is 14.1. The highest BCUT2D eigenvalue weighted by Gasteiger charge is 2.07. The van der Waals surface area contributed by atoms with E-state index in [0.717, 1.165) is 0 Å². The predicted octanol–water partition coefficient (Wildman–Crippen LogP) is 2.47. The van der Waals surface area contributed by atoms with Crippen molar-refractivity contribution in [2.24, 2.45) is 5.73 Å². The Morgan fingerprint density at radius 2 is 1.87 bits per heavy atom. The Morgan fingerprint density at radius 3 is 2.07 bits per heavy atom. The first-order valence-corrected chi connectivity index (χ1v) is 5.18. The monoisotopic (exact) mass is 277 g/mol. The highest BCUT2D eigenvalue weighted by atomic mass is 79.9. The van der Waals surface area contributed by atoms with Gasteiger partial charge in [-0.05, 0) is 28.4 Å². The smallest absolute Gasteiger partial charge is 0.349 e. The maximum Gasteiger partial charge on any atom is 0.349 e. The average Bonchev–Trinajstić information content (AvgIpc) is 2.20. The Hall–Kier alpha value is -0.940. The van der Waals surface area contributed by atoms with Crippen molar-refractivity contribution in [1.82, 2.24) is 0 Å². The lowest BCUT2D eigenvalue weighted by molar-refractivity contribution is -0.139. The van der Waals surface area contributed by atoms with Crippen molar-refractivity contribution in [2.75, 3.05) is 0 Å². The topological polar surface area (TPSA) is 63.3 Å². The Bertz CT molecular complexity index is 291. The number of carboxylic acid groups (broad SMARTS) is 1. The summed E-state index contributed by atoms with van der Waals surface area (Å²) in [6.07, 6.45) is 0. The third-order valence-electron chi connectivity index (χ3n) is 1.51. The molecule has 3 nitrogen and oxygen atoms in total. The summed E-state index contributed by atoms with van der Waals surface area (Å²) >= 11 is 2.17. The van der Waals surface area contributed by atoms with Gasteiger partial charge in [-0.25, -0.2) is 9.18 Å². The van der Waals surface area contributed by atoms with Crippen LogP contribution in [0.3, 0.4) is 0 Å². The zero-order valence-corrected chi connectivity index (χ0v) is 9.82. The van der Waals surface area contributed by atoms with Crippen molar-refractivity contribution in [3.8, 4) is 0 Å². The molecule has 0 aliphatic rings. The number of hydrogen-bond acceptors (Lipinski definition) is 2. The molecule has 15 heavy (non-hydrogen) atoms. The molecule has 84 valence electrons. The summed E-state index contributed by atoms with van der Waals surface area (Å²) in [5.74, 6) is -1.49. The van der Waals surface area contributed by atoms with Gasteiger partial charge in [0.15, 0.2) is 0 Å². The molecular weight excluding hydrogens is 265 g/mol. The lowest BCUT2D eigenvalue weighted by atomic mass is 10.1. The van der Waals surface area contributed by atoms with Gasteiger partial charge in [0.1, 0.15) is 0 Å². The molecular formula is C10H13BrFNO2. The van der Waals surface area contributed by atoms with Crippen molar-refractivity contribution >= 4 is 21.9 Å². The number of benzene rings is 1. The second kappa shape index (κ2) is 7.36. The van der Waals surface area contributed by atoms with E-state index in [0.29, 0.717) is 0 Å². The second-order valence-electron chi connectivity index (χ2n) is 2.84. The summed E-state index contributed by atoms with van der Waals surface area (Å²) in [6, 6.07) is 10.2. The van der Waals surface area contributed by atoms with Crippen LogP contribution in [-0.4, -0.2) is 16.2 Å². The molecule has 0 saturated heterocycles. The van der Waals surface area contributed by atoms with E-state index in [-0.39, 0.29) is 6.04 Å². The first-order valence-electron chi connectivity index (χ1n) is 4.26. The lowest BCUT2D eigenvalue weighted by Crippen LogP contribution is -2.04. The van der Waals surface area contributed by atoms with E-state index in [2.05, 4.69) is 15.9 Å². The minimum Gasteiger partial charge on any atom is -0.478 e. The fraction of sp³-hybridized carbons (Fsp3) is 0.300. The summed E-state index contributed by atoms with van der Waals surface area (Å²) in [5.41, 5.74) is 6.81. The number of aliphatic carboxylic acids is 1. The van der Waals surface area contributed by atoms with Crippen molar-refractivity contribution in [3.63, 3.8) is 0 Å². The number of carboxylic acids is 1. The molecule has 0 heterocycles. The summed E-state index contributed by atoms with van der Waals surface area (Å²) < 4.78 is 11.1. The highest BCUT2D eigenvalue weighted by molar-refractivity contribution is 9.09. The summed E-state index contributed by atoms with van der Waals surface area (Å²) in [4.78, 5) is 9.28. The molecule has 0 amide bonds. The number of hydrogen-bond donors (Lipinski definition) is 2. The van der Waals surface area contributed by atoms with Crippen LogP contribution in [0.2, 0.25) is 0 Å². The SMILES string of the molecule is C[C@H](N)c1ccccc1.O=C(O)[C@H](F)Br. The minimum atomic E-state index is -1.92. The molecule has 0 unspecified atom stereocenters. The molecule has 1 aromatic carbocycles. The van der Waals surface area contributed by atoms with Crippen LogP contribution in [0.25, 0.3) is 0 Å². The number of carbonyl (C=O) groups is 1. The van der Waals surface area contributed by atoms with Crippen molar-refractivity contribution in [2.45, 2.75) is 18.0 Å². The van der Waals surface area contributed by atoms with Crippen LogP contribution in [0.4, 0.5) is 4.39 Å². The first-order chi connectivity index (χ1) is 6.95. The molecule has 0 saturated carbocycles. The molecule has 5 heteroatoms. The van der Waals surface area contributed by atoms with E-state index in [4.69, 9.17) is 10.8 Å². The van der Waals surface area contributed by atoms with E-state index in [1.807, 2.05) is 37.3 Å². The van der Waals surface area contributed by atoms with Crippen LogP contribution in [0.5, 0.6) is 0 Å². The fourth-order valence-corrected chi connectivity index (χ4v) is 0.757. The van der Waals surface area contributed by atoms with Crippen LogP contribution in [-0.2, 0) is 4.79 Å². The third-order valence-corrected chi connectivity index (χ3v) is 1.90. The van der Waals surface area contributed by atoms with Gasteiger partial charge in [-0.15, -0.1) is 0 Å². The van der Waals surface area contributed by atoms with Gasteiger partial charge in [-0.2, -0.15) is 0 Å². The van der Waals surface area contributed by atoms with Gasteiger partial charge >= 0.3 is 5.97 Å².